The first kappa shape index (κ1) is 7.26. The summed E-state index contributed by atoms with van der Waals surface area (Å²) >= 11 is 0. The highest BCUT2D eigenvalue weighted by Crippen LogP contribution is 2.22. The lowest BCUT2D eigenvalue weighted by molar-refractivity contribution is 0.959. The van der Waals surface area contributed by atoms with Crippen molar-refractivity contribution in [1.29, 1.82) is 5.26 Å². The molecule has 2 aromatic rings. The average Bonchev–Trinajstić information content (AvgIpc) is 2.62. The summed E-state index contributed by atoms with van der Waals surface area (Å²) in [4.78, 5) is 3.22. The highest BCUT2D eigenvalue weighted by atomic mass is 15.3. The van der Waals surface area contributed by atoms with Crippen LogP contribution in [0.15, 0.2) is 12.1 Å². The number of hydrogen-bond donors (Lipinski definition) is 1. The minimum Gasteiger partial charge on any atom is -0.237 e. The summed E-state index contributed by atoms with van der Waals surface area (Å²) in [5.41, 5.74) is 1.84. The molecule has 0 aliphatic carbocycles. The Morgan fingerprint density at radius 1 is 1.38 bits per heavy atom. The molecule has 0 aliphatic rings. The standard InChI is InChI=1S/C8H3N5/c1-10-6-3-8-7(11-13-12-8)2-5(6)4-9/h2-3H,(H,11,12,13). The van der Waals surface area contributed by atoms with Crippen molar-refractivity contribution in [2.24, 2.45) is 0 Å². The highest BCUT2D eigenvalue weighted by molar-refractivity contribution is 5.82. The van der Waals surface area contributed by atoms with Gasteiger partial charge in [0.1, 0.15) is 11.0 Å². The summed E-state index contributed by atoms with van der Waals surface area (Å²) in [6.45, 7) is 6.83. The van der Waals surface area contributed by atoms with Crippen LogP contribution in [-0.2, 0) is 0 Å². The molecular weight excluding hydrogens is 166 g/mol. The van der Waals surface area contributed by atoms with Crippen LogP contribution in [0.1, 0.15) is 5.56 Å². The van der Waals surface area contributed by atoms with E-state index in [4.69, 9.17) is 11.8 Å². The van der Waals surface area contributed by atoms with Gasteiger partial charge >= 0.3 is 0 Å². The van der Waals surface area contributed by atoms with Gasteiger partial charge in [0.2, 0.25) is 5.69 Å². The number of nitrogens with one attached hydrogen (secondary N) is 1. The molecule has 1 aromatic heterocycles. The third kappa shape index (κ3) is 0.996. The van der Waals surface area contributed by atoms with Crippen LogP contribution in [0.2, 0.25) is 0 Å². The van der Waals surface area contributed by atoms with Gasteiger partial charge in [0.05, 0.1) is 18.2 Å². The first-order valence-corrected chi connectivity index (χ1v) is 3.47. The molecule has 0 saturated carbocycles. The van der Waals surface area contributed by atoms with Crippen molar-refractivity contribution in [2.45, 2.75) is 0 Å². The van der Waals surface area contributed by atoms with Crippen molar-refractivity contribution >= 4 is 16.7 Å². The SMILES string of the molecule is [C-]#[N+]c1cc2n[nH]nc2cc1C#N. The first-order valence-electron chi connectivity index (χ1n) is 3.47. The zero-order chi connectivity index (χ0) is 9.26. The van der Waals surface area contributed by atoms with Crippen molar-refractivity contribution in [3.63, 3.8) is 0 Å². The summed E-state index contributed by atoms with van der Waals surface area (Å²) in [7, 11) is 0. The lowest BCUT2D eigenvalue weighted by atomic mass is 10.2. The third-order valence-electron chi connectivity index (χ3n) is 1.67. The lowest BCUT2D eigenvalue weighted by Gasteiger charge is -1.91. The fourth-order valence-corrected chi connectivity index (χ4v) is 1.06. The zero-order valence-electron chi connectivity index (χ0n) is 6.44. The number of nitriles is 1. The Hall–Kier alpha value is -2.40. The third-order valence-corrected chi connectivity index (χ3v) is 1.67. The molecule has 0 unspecified atom stereocenters. The Morgan fingerprint density at radius 3 is 2.69 bits per heavy atom. The van der Waals surface area contributed by atoms with Gasteiger partial charge < -0.3 is 0 Å². The van der Waals surface area contributed by atoms with Gasteiger partial charge in [-0.15, -0.1) is 0 Å². The minimum atomic E-state index is 0.309. The molecule has 0 aliphatic heterocycles. The number of benzene rings is 1. The largest absolute Gasteiger partial charge is 0.237 e. The van der Waals surface area contributed by atoms with Crippen LogP contribution < -0.4 is 0 Å². The Morgan fingerprint density at radius 2 is 2.08 bits per heavy atom. The van der Waals surface area contributed by atoms with Crippen molar-refractivity contribution in [2.75, 3.05) is 0 Å². The van der Waals surface area contributed by atoms with Gasteiger partial charge in [-0.25, -0.2) is 4.85 Å². The second kappa shape index (κ2) is 2.58. The number of nitrogens with zero attached hydrogens (tertiary/aromatic N) is 4. The lowest BCUT2D eigenvalue weighted by Crippen LogP contribution is -1.76. The van der Waals surface area contributed by atoms with E-state index in [2.05, 4.69) is 20.3 Å². The molecule has 0 bridgehead atoms. The van der Waals surface area contributed by atoms with Crippen LogP contribution in [0.3, 0.4) is 0 Å². The van der Waals surface area contributed by atoms with E-state index in [0.29, 0.717) is 22.3 Å². The normalized spacial score (nSPS) is 9.38. The maximum atomic E-state index is 8.69. The van der Waals surface area contributed by atoms with Gasteiger partial charge in [0.25, 0.3) is 0 Å². The monoisotopic (exact) mass is 169 g/mol. The second-order valence-electron chi connectivity index (χ2n) is 2.41. The van der Waals surface area contributed by atoms with Crippen molar-refractivity contribution in [1.82, 2.24) is 15.4 Å². The first-order chi connectivity index (χ1) is 6.35. The van der Waals surface area contributed by atoms with Crippen LogP contribution in [0.4, 0.5) is 5.69 Å². The summed E-state index contributed by atoms with van der Waals surface area (Å²) in [5.74, 6) is 0. The van der Waals surface area contributed by atoms with Crippen molar-refractivity contribution in [3.05, 3.63) is 29.1 Å². The van der Waals surface area contributed by atoms with Crippen LogP contribution >= 0.6 is 0 Å². The maximum Gasteiger partial charge on any atom is 0.206 e. The molecule has 5 heteroatoms. The van der Waals surface area contributed by atoms with E-state index in [-0.39, 0.29) is 0 Å². The van der Waals surface area contributed by atoms with Crippen molar-refractivity contribution in [3.8, 4) is 6.07 Å². The van der Waals surface area contributed by atoms with Crippen LogP contribution in [0.5, 0.6) is 0 Å². The van der Waals surface area contributed by atoms with Crippen LogP contribution in [0, 0.1) is 17.9 Å². The molecule has 5 nitrogen and oxygen atoms in total. The molecule has 2 rings (SSSR count). The van der Waals surface area contributed by atoms with Gasteiger partial charge in [-0.3, -0.25) is 0 Å². The molecule has 0 atom stereocenters. The molecule has 0 amide bonds. The Kier molecular flexibility index (Phi) is 1.44. The van der Waals surface area contributed by atoms with Crippen LogP contribution in [0.25, 0.3) is 15.9 Å². The van der Waals surface area contributed by atoms with E-state index in [1.165, 1.54) is 0 Å². The molecule has 0 saturated heterocycles. The van der Waals surface area contributed by atoms with Gasteiger partial charge in [-0.2, -0.15) is 20.7 Å². The fourth-order valence-electron chi connectivity index (χ4n) is 1.06. The Balaban J connectivity index is 2.85. The van der Waals surface area contributed by atoms with Gasteiger partial charge in [-0.05, 0) is 12.1 Å². The predicted octanol–water partition coefficient (Wildman–Crippen LogP) is 1.38. The summed E-state index contributed by atoms with van der Waals surface area (Å²) < 4.78 is 0. The van der Waals surface area contributed by atoms with Gasteiger partial charge in [0.15, 0.2) is 0 Å². The van der Waals surface area contributed by atoms with E-state index >= 15 is 0 Å². The van der Waals surface area contributed by atoms with E-state index in [1.807, 2.05) is 6.07 Å². The number of aromatic amines is 1. The van der Waals surface area contributed by atoms with E-state index in [1.54, 1.807) is 12.1 Å². The quantitative estimate of drug-likeness (QED) is 0.605. The molecule has 1 aromatic carbocycles. The van der Waals surface area contributed by atoms with E-state index in [0.717, 1.165) is 0 Å². The molecule has 60 valence electrons. The average molecular weight is 169 g/mol. The van der Waals surface area contributed by atoms with Gasteiger partial charge in [-0.1, -0.05) is 0 Å². The number of hydrogen-bond acceptors (Lipinski definition) is 3. The van der Waals surface area contributed by atoms with E-state index in [9.17, 15) is 0 Å². The zero-order valence-corrected chi connectivity index (χ0v) is 6.44. The topological polar surface area (TPSA) is 69.7 Å². The maximum absolute atomic E-state index is 8.69. The Bertz CT molecular complexity index is 492. The number of aromatic nitrogens is 3. The Labute approximate surface area is 73.4 Å². The number of rotatable bonds is 0. The second-order valence-corrected chi connectivity index (χ2v) is 2.41. The summed E-state index contributed by atoms with van der Waals surface area (Å²) in [6.07, 6.45) is 0. The molecule has 1 N–H and O–H groups in total. The smallest absolute Gasteiger partial charge is 0.206 e. The van der Waals surface area contributed by atoms with Crippen molar-refractivity contribution < 1.29 is 0 Å². The van der Waals surface area contributed by atoms with E-state index < -0.39 is 0 Å². The number of H-pyrrole nitrogens is 1. The molecule has 0 spiro atoms. The summed E-state index contributed by atoms with van der Waals surface area (Å²) in [6, 6.07) is 5.03. The molecule has 1 heterocycles. The number of fused-ring (bicyclic) bond motifs is 1. The minimum absolute atomic E-state index is 0.309. The van der Waals surface area contributed by atoms with Gasteiger partial charge in [0, 0.05) is 0 Å². The highest BCUT2D eigenvalue weighted by Gasteiger charge is 2.06. The molecule has 13 heavy (non-hydrogen) atoms. The fraction of sp³-hybridized carbons (Fsp3) is 0. The predicted molar refractivity (Wildman–Crippen MR) is 44.9 cm³/mol. The molecular formula is C8H3N5. The summed E-state index contributed by atoms with van der Waals surface area (Å²) in [5, 5.41) is 18.7. The molecule has 0 radical (unpaired) electrons. The van der Waals surface area contributed by atoms with Crippen LogP contribution in [-0.4, -0.2) is 15.4 Å². The molecule has 0 fully saturated rings.